The van der Waals surface area contributed by atoms with Crippen LogP contribution in [0.5, 0.6) is 0 Å². The number of benzene rings is 1. The molecule has 15 aliphatic rings. The van der Waals surface area contributed by atoms with Crippen LogP contribution >= 0.6 is 0 Å². The Hall–Kier alpha value is -6.71. The predicted octanol–water partition coefficient (Wildman–Crippen LogP) is 21.6. The van der Waals surface area contributed by atoms with Gasteiger partial charge in [-0.3, -0.25) is 33.6 Å². The molecule has 2 unspecified atom stereocenters. The van der Waals surface area contributed by atoms with E-state index in [0.717, 1.165) is 58.2 Å². The van der Waals surface area contributed by atoms with Crippen molar-refractivity contribution in [3.8, 4) is 0 Å². The van der Waals surface area contributed by atoms with Gasteiger partial charge in [0, 0.05) is 12.8 Å². The minimum absolute atomic E-state index is 0.00775. The third kappa shape index (κ3) is 56.2. The van der Waals surface area contributed by atoms with Gasteiger partial charge >= 0.3 is 128 Å². The first-order valence-electron chi connectivity index (χ1n) is 50.0. The Morgan fingerprint density at radius 3 is 0.944 bits per heavy atom. The van der Waals surface area contributed by atoms with Crippen LogP contribution in [0.4, 0.5) is 26.3 Å². The predicted molar refractivity (Wildman–Crippen MR) is 521 cm³/mol. The Bertz CT molecular complexity index is 3830. The number of cyclic esters (lactones) is 6. The van der Waals surface area contributed by atoms with E-state index < -0.39 is 62.2 Å². The number of halogens is 6. The fourth-order valence-electron chi connectivity index (χ4n) is 13.3. The normalized spacial score (nSPS) is 28.8. The van der Waals surface area contributed by atoms with Crippen LogP contribution in [0, 0.1) is 75.4 Å². The third-order valence-corrected chi connectivity index (χ3v) is 41.1. The number of alkyl halides is 6. The van der Waals surface area contributed by atoms with Gasteiger partial charge in [0.05, 0.1) is 129 Å². The first-order chi connectivity index (χ1) is 67.2. The number of carbonyl (C=O) groups is 8. The molecular weight excluding hydrogens is 1940 g/mol. The summed E-state index contributed by atoms with van der Waals surface area (Å²) in [5.41, 5.74) is 0.484. The second-order valence-electron chi connectivity index (χ2n) is 41.4. The van der Waals surface area contributed by atoms with Crippen LogP contribution in [-0.2, 0) is 141 Å². The molecule has 0 amide bonds. The number of unbranched alkanes of at least 4 members (excludes halogenated alkanes) is 2. The van der Waals surface area contributed by atoms with Crippen LogP contribution in [0.3, 0.4) is 0 Å². The van der Waals surface area contributed by atoms with Crippen molar-refractivity contribution in [3.05, 3.63) is 75.8 Å². The number of epoxide rings is 6. The van der Waals surface area contributed by atoms with E-state index in [9.17, 15) is 64.7 Å². The Kier molecular flexibility index (Phi) is 69.1. The van der Waals surface area contributed by atoms with Crippen LogP contribution < -0.4 is 0 Å². The van der Waals surface area contributed by atoms with Crippen molar-refractivity contribution in [1.82, 2.24) is 0 Å². The fourth-order valence-corrected chi connectivity index (χ4v) is 16.4. The standard InChI is InChI=1S/C18H26O5Si.C12H24O3Si.C11H24O2Si.C8H11F3O2.C7H11F3O.C7H12O2.C6H8O2.C6H12O.2C5H8O2.C5H8O.2C4H8O.6CO/c1-18(2,3)24(4,5)22-11-14-15(23-17(14)20)12-21-16(19)13-9-7-6-8-10-13;1-7-9-10(15-11(9)13)8-14-16(5,6)12(2,3)4;1-7-9-10(13-9)8-12-14(5,6)11(2,3)4;9-8(10,11)4-2-1-3-6-5-7(12)13-6;8-7(9,10)4-2-1-3-6-5-11-6;1-3-5-6(4-2)9-7(5)8;7-6-4-2-1-3-5(4)8-6;1-3-5-6(4-2)7-5;2*1-3-4(2)7-5(3)6;1-2-4-5(3-1)6-4;2*1-3-4(2)5-3;6*1-2/h6-10,14-15H,11-12H2,1-5H3;9-10H,7-8H2,1-6H3;9-10H,7-8H2,1-6H3;6H,1-5H2;6H,1-5H2;5-6H,3-4H2,1-2H3;4-5H,1-3H2;5-6H,3-4H2,1-2H3;2*3-4H,1-2H3;4-5H,1-3H2;2*3-4H,1-2H3;;;;;;/t14?,15-;9-,10-;9-,10+;2*6-;5-,6+;4?,5-;5-,6-;3-,4+;3-,4-;4-,5+;3-,4+;3-,4-;;;;;;/m1010000100..1....../s1. The molecule has 2 aliphatic carbocycles. The van der Waals surface area contributed by atoms with Crippen molar-refractivity contribution in [2.75, 3.05) is 33.0 Å². The van der Waals surface area contributed by atoms with E-state index in [1.807, 2.05) is 54.5 Å². The number of rotatable bonds is 26. The summed E-state index contributed by atoms with van der Waals surface area (Å²) in [5.74, 6) is -0.626. The summed E-state index contributed by atoms with van der Waals surface area (Å²) in [6.45, 7) is 91.1. The number of hydrogen-bond acceptors (Lipinski definition) is 25. The molecule has 0 bridgehead atoms. The Morgan fingerprint density at radius 1 is 0.368 bits per heavy atom. The van der Waals surface area contributed by atoms with Gasteiger partial charge in [0.25, 0.3) is 0 Å². The van der Waals surface area contributed by atoms with Gasteiger partial charge in [0.1, 0.15) is 55.3 Å². The molecule has 13 aliphatic heterocycles. The zero-order valence-corrected chi connectivity index (χ0v) is 93.6. The van der Waals surface area contributed by atoms with Gasteiger partial charge < -0.3 is 79.6 Å². The zero-order valence-electron chi connectivity index (χ0n) is 90.6. The van der Waals surface area contributed by atoms with Crippen molar-refractivity contribution >= 4 is 72.7 Å². The quantitative estimate of drug-likeness (QED) is 0.0121. The summed E-state index contributed by atoms with van der Waals surface area (Å²) in [7, 11) is -5.18. The molecule has 31 nitrogen and oxygen atoms in total. The van der Waals surface area contributed by atoms with E-state index >= 15 is 0 Å². The number of ether oxygens (including phenoxy) is 14. The van der Waals surface area contributed by atoms with Crippen molar-refractivity contribution < 1.29 is 172 Å². The second-order valence-corrected chi connectivity index (χ2v) is 55.8. The number of hydrogen-bond donors (Lipinski definition) is 0. The Morgan fingerprint density at radius 2 is 0.694 bits per heavy atom. The van der Waals surface area contributed by atoms with Gasteiger partial charge in [-0.05, 0) is 231 Å². The summed E-state index contributed by atoms with van der Waals surface area (Å²) in [4.78, 5) is 86.6. The molecule has 0 spiro atoms. The van der Waals surface area contributed by atoms with Gasteiger partial charge in [0.15, 0.2) is 31.1 Å². The molecule has 0 N–H and O–H groups in total. The van der Waals surface area contributed by atoms with Gasteiger partial charge in [-0.25, -0.2) is 4.79 Å². The van der Waals surface area contributed by atoms with Crippen LogP contribution in [0.2, 0.25) is 54.4 Å². The molecule has 144 heavy (non-hydrogen) atoms. The number of esters is 8. The van der Waals surface area contributed by atoms with E-state index in [1.54, 1.807) is 24.3 Å². The molecule has 2 saturated carbocycles. The van der Waals surface area contributed by atoms with Crippen molar-refractivity contribution in [1.29, 1.82) is 0 Å². The topological polar surface area (TPSA) is 433 Å². The molecule has 0 radical (unpaired) electrons. The molecule has 15 fully saturated rings. The van der Waals surface area contributed by atoms with Crippen LogP contribution in [-0.4, -0.2) is 228 Å². The van der Waals surface area contributed by atoms with Crippen molar-refractivity contribution in [2.45, 2.75) is 471 Å². The average Bonchev–Trinajstić information content (AvgIpc) is 1.62. The first kappa shape index (κ1) is 141. The SMILES string of the molecule is C1C[C@@H]2O[C@@H]2C1.CC(C)(C)[Si](C)(C)OCC1C(=O)O[C@@H]1COC(=O)c1ccccc1.CC[C@@H]1C(=O)O[C@@H]1CC.CC[C@@H]1C(=O)O[C@H]1CO[Si](C)(C)C(C)(C)C.CC[C@H]1O[C@@H]1CC.CC[C@H]1O[C@H]1CO[Si](C)(C)C(C)(C)C.C[C@@H]1C(=O)O[C@@H]1C.C[C@@H]1OC(=O)[C@H]1C.C[C@@H]1O[C@@H]1C.C[C@H]1O[C@@H]1C.FC(F)(F)CCCC[C@H]1CO1.O=C1C[C@H](CCCCC(F)(F)F)O1.O=C1O[C@H]2CCCC12.[C-]#[O+].[C-]#[O+].[C-]#[O+].[C-]#[O+].[C-]#[O+].[C-]#[O+]. The average molecular weight is 2110 g/mol. The second kappa shape index (κ2) is 70.4. The maximum absolute atomic E-state index is 11.9. The molecule has 16 rings (SSSR count). The summed E-state index contributed by atoms with van der Waals surface area (Å²) in [6, 6.07) is 8.75. The van der Waals surface area contributed by atoms with Crippen LogP contribution in [0.25, 0.3) is 0 Å². The zero-order chi connectivity index (χ0) is 112. The summed E-state index contributed by atoms with van der Waals surface area (Å²) < 4.78 is 202. The molecule has 13 heterocycles. The van der Waals surface area contributed by atoms with Gasteiger partial charge in [-0.2, -0.15) is 26.3 Å². The maximum atomic E-state index is 11.9. The molecule has 1 aromatic carbocycles. The molecule has 824 valence electrons. The van der Waals surface area contributed by atoms with Gasteiger partial charge in [-0.1, -0.05) is 128 Å². The molecule has 0 aromatic heterocycles. The monoisotopic (exact) mass is 2110 g/mol. The van der Waals surface area contributed by atoms with E-state index in [-0.39, 0.29) is 138 Å². The van der Waals surface area contributed by atoms with Gasteiger partial charge in [0.2, 0.25) is 0 Å². The van der Waals surface area contributed by atoms with Crippen molar-refractivity contribution in [2.24, 2.45) is 35.5 Å². The van der Waals surface area contributed by atoms with E-state index in [1.165, 1.54) is 38.5 Å². The first-order valence-corrected chi connectivity index (χ1v) is 58.7. The van der Waals surface area contributed by atoms with Gasteiger partial charge in [-0.15, -0.1) is 0 Å². The Balaban J connectivity index is -0.00000151. The molecule has 24 atom stereocenters. The van der Waals surface area contributed by atoms with E-state index in [0.29, 0.717) is 123 Å². The van der Waals surface area contributed by atoms with E-state index in [4.69, 9.17) is 93.3 Å². The third-order valence-electron chi connectivity index (χ3n) is 27.6. The molecule has 13 saturated heterocycles. The van der Waals surface area contributed by atoms with Crippen LogP contribution in [0.1, 0.15) is 304 Å². The summed E-state index contributed by atoms with van der Waals surface area (Å²) in [5, 5.41) is 0.599. The Labute approximate surface area is 855 Å². The minimum atomic E-state index is -4.06. The van der Waals surface area contributed by atoms with Crippen LogP contribution in [0.15, 0.2) is 30.3 Å². The number of carbonyl (C=O) groups excluding carboxylic acids is 8. The fraction of sp³-hybridized carbons (Fsp3) is 0.808. The molecule has 1 aromatic rings. The van der Waals surface area contributed by atoms with Crippen molar-refractivity contribution in [3.63, 3.8) is 0 Å². The molecule has 40 heteroatoms. The number of fused-ring (bicyclic) bond motifs is 2. The molecular formula is C104H168F6O31Si3. The van der Waals surface area contributed by atoms with E-state index in [2.05, 4.69) is 204 Å². The summed E-state index contributed by atoms with van der Waals surface area (Å²) >= 11 is 0. The summed E-state index contributed by atoms with van der Waals surface area (Å²) in [6.07, 6.45) is 13.7.